The molecule has 0 aromatic heterocycles. The molecule has 0 saturated heterocycles. The Labute approximate surface area is 161 Å². The van der Waals surface area contributed by atoms with Crippen LogP contribution in [0.3, 0.4) is 0 Å². The van der Waals surface area contributed by atoms with Gasteiger partial charge in [-0.25, -0.2) is 4.79 Å². The van der Waals surface area contributed by atoms with Crippen LogP contribution in [-0.2, 0) is 14.3 Å². The van der Waals surface area contributed by atoms with Crippen LogP contribution in [0.25, 0.3) is 0 Å². The molecule has 6 heteroatoms. The van der Waals surface area contributed by atoms with Gasteiger partial charge in [-0.15, -0.1) is 0 Å². The third-order valence-corrected chi connectivity index (χ3v) is 5.31. The maximum absolute atomic E-state index is 12.9. The molecule has 0 unspecified atom stereocenters. The van der Waals surface area contributed by atoms with Crippen LogP contribution in [0.4, 0.5) is 5.69 Å². The Morgan fingerprint density at radius 2 is 1.81 bits per heavy atom. The van der Waals surface area contributed by atoms with Crippen molar-refractivity contribution in [3.05, 3.63) is 74.9 Å². The molecule has 0 N–H and O–H groups in total. The summed E-state index contributed by atoms with van der Waals surface area (Å²) >= 11 is 12.3. The lowest BCUT2D eigenvalue weighted by Gasteiger charge is -2.32. The van der Waals surface area contributed by atoms with E-state index in [0.717, 1.165) is 11.3 Å². The van der Waals surface area contributed by atoms with E-state index in [9.17, 15) is 9.59 Å². The highest BCUT2D eigenvalue weighted by Gasteiger charge is 2.43. The van der Waals surface area contributed by atoms with E-state index in [1.165, 1.54) is 0 Å². The van der Waals surface area contributed by atoms with Gasteiger partial charge < -0.3 is 4.74 Å². The van der Waals surface area contributed by atoms with Gasteiger partial charge in [0, 0.05) is 28.1 Å². The lowest BCUT2D eigenvalue weighted by Crippen LogP contribution is -2.37. The van der Waals surface area contributed by atoms with E-state index in [0.29, 0.717) is 26.9 Å². The highest BCUT2D eigenvalue weighted by molar-refractivity contribution is 6.35. The Bertz CT molecular complexity index is 950. The Morgan fingerprint density at radius 1 is 1.08 bits per heavy atom. The van der Waals surface area contributed by atoms with Crippen LogP contribution in [0.5, 0.6) is 0 Å². The Morgan fingerprint density at radius 3 is 2.50 bits per heavy atom. The zero-order valence-electron chi connectivity index (χ0n) is 14.0. The molecule has 4 nitrogen and oxygen atoms in total. The number of hydrogen-bond acceptors (Lipinski definition) is 3. The number of amides is 1. The minimum absolute atomic E-state index is 0.0789. The number of halogens is 2. The third-order valence-electron chi connectivity index (χ3n) is 4.75. The van der Waals surface area contributed by atoms with Crippen molar-refractivity contribution in [2.75, 3.05) is 11.5 Å². The predicted molar refractivity (Wildman–Crippen MR) is 100 cm³/mol. The summed E-state index contributed by atoms with van der Waals surface area (Å²) in [6, 6.07) is 12.7. The molecule has 132 valence electrons. The maximum Gasteiger partial charge on any atom is 0.336 e. The highest BCUT2D eigenvalue weighted by atomic mass is 35.5. The van der Waals surface area contributed by atoms with Crippen LogP contribution in [0.2, 0.25) is 10.0 Å². The topological polar surface area (TPSA) is 46.6 Å². The van der Waals surface area contributed by atoms with Crippen molar-refractivity contribution in [1.29, 1.82) is 0 Å². The molecule has 0 fully saturated rings. The summed E-state index contributed by atoms with van der Waals surface area (Å²) in [5, 5.41) is 0.941. The number of carbonyl (C=O) groups excluding carboxylic acids is 2. The quantitative estimate of drug-likeness (QED) is 0.705. The Hall–Kier alpha value is -2.30. The number of ether oxygens (including phenoxy) is 1. The summed E-state index contributed by atoms with van der Waals surface area (Å²) < 4.78 is 5.26. The molecule has 26 heavy (non-hydrogen) atoms. The number of carbonyl (C=O) groups is 2. The summed E-state index contributed by atoms with van der Waals surface area (Å²) in [6.07, 6.45) is 0.142. The number of nitrogens with zero attached hydrogens (tertiary/aromatic N) is 1. The summed E-state index contributed by atoms with van der Waals surface area (Å²) in [6.45, 7) is 2.06. The van der Waals surface area contributed by atoms with Gasteiger partial charge in [0.25, 0.3) is 0 Å². The smallest absolute Gasteiger partial charge is 0.336 e. The molecule has 0 radical (unpaired) electrons. The zero-order valence-corrected chi connectivity index (χ0v) is 15.5. The normalized spacial score (nSPS) is 19.7. The van der Waals surface area contributed by atoms with Crippen LogP contribution in [0.1, 0.15) is 23.5 Å². The molecule has 2 aromatic rings. The summed E-state index contributed by atoms with van der Waals surface area (Å²) in [4.78, 5) is 27.0. The largest absolute Gasteiger partial charge is 0.456 e. The van der Waals surface area contributed by atoms with E-state index in [-0.39, 0.29) is 18.9 Å². The van der Waals surface area contributed by atoms with Gasteiger partial charge >= 0.3 is 5.97 Å². The molecule has 1 atom stereocenters. The first-order chi connectivity index (χ1) is 12.5. The minimum Gasteiger partial charge on any atom is -0.456 e. The summed E-state index contributed by atoms with van der Waals surface area (Å²) in [5.41, 5.74) is 3.61. The third kappa shape index (κ3) is 2.79. The van der Waals surface area contributed by atoms with Crippen molar-refractivity contribution >= 4 is 40.8 Å². The molecular formula is C20H15Cl2NO3. The van der Waals surface area contributed by atoms with Gasteiger partial charge in [-0.1, -0.05) is 47.0 Å². The molecule has 2 aromatic carbocycles. The fourth-order valence-corrected chi connectivity index (χ4v) is 4.04. The van der Waals surface area contributed by atoms with Gasteiger partial charge in [0.15, 0.2) is 0 Å². The molecular weight excluding hydrogens is 373 g/mol. The van der Waals surface area contributed by atoms with Gasteiger partial charge in [-0.2, -0.15) is 0 Å². The van der Waals surface area contributed by atoms with E-state index in [1.807, 2.05) is 31.2 Å². The van der Waals surface area contributed by atoms with Crippen molar-refractivity contribution in [2.24, 2.45) is 0 Å². The van der Waals surface area contributed by atoms with Gasteiger partial charge in [-0.05, 0) is 36.8 Å². The number of aryl methyl sites for hydroxylation is 1. The monoisotopic (exact) mass is 387 g/mol. The molecule has 0 spiro atoms. The van der Waals surface area contributed by atoms with Crippen LogP contribution in [0.15, 0.2) is 53.7 Å². The van der Waals surface area contributed by atoms with Crippen molar-refractivity contribution in [3.63, 3.8) is 0 Å². The second-order valence-electron chi connectivity index (χ2n) is 6.42. The van der Waals surface area contributed by atoms with Crippen molar-refractivity contribution < 1.29 is 14.3 Å². The number of anilines is 1. The summed E-state index contributed by atoms with van der Waals surface area (Å²) in [7, 11) is 0. The fraction of sp³-hybridized carbons (Fsp3) is 0.200. The number of rotatable bonds is 2. The number of hydrogen-bond donors (Lipinski definition) is 0. The van der Waals surface area contributed by atoms with Crippen molar-refractivity contribution in [2.45, 2.75) is 19.3 Å². The lowest BCUT2D eigenvalue weighted by atomic mass is 9.84. The zero-order chi connectivity index (χ0) is 18.4. The average Bonchev–Trinajstić information content (AvgIpc) is 2.97. The predicted octanol–water partition coefficient (Wildman–Crippen LogP) is 4.63. The van der Waals surface area contributed by atoms with E-state index in [2.05, 4.69) is 0 Å². The summed E-state index contributed by atoms with van der Waals surface area (Å²) in [5.74, 6) is -0.929. The van der Waals surface area contributed by atoms with Crippen LogP contribution < -0.4 is 4.90 Å². The maximum atomic E-state index is 12.9. The molecule has 2 aliphatic rings. The van der Waals surface area contributed by atoms with Crippen LogP contribution in [-0.4, -0.2) is 18.5 Å². The number of cyclic esters (lactones) is 1. The van der Waals surface area contributed by atoms with E-state index in [1.54, 1.807) is 23.1 Å². The van der Waals surface area contributed by atoms with Gasteiger partial charge in [0.2, 0.25) is 5.91 Å². The molecule has 0 bridgehead atoms. The molecule has 4 rings (SSSR count). The van der Waals surface area contributed by atoms with E-state index >= 15 is 0 Å². The Kier molecular flexibility index (Phi) is 4.25. The standard InChI is InChI=1S/C20H15Cl2NO3/c1-11-2-5-13(6-3-11)23-17-10-26-20(25)19(17)15(9-18(23)24)14-7-4-12(21)8-16(14)22/h2-8,15H,9-10H2,1H3/t15-/m0/s1. The van der Waals surface area contributed by atoms with Gasteiger partial charge in [-0.3, -0.25) is 9.69 Å². The molecule has 2 heterocycles. The minimum atomic E-state index is -0.432. The van der Waals surface area contributed by atoms with Crippen LogP contribution >= 0.6 is 23.2 Å². The average molecular weight is 388 g/mol. The SMILES string of the molecule is Cc1ccc(N2C(=O)C[C@@H](c3ccc(Cl)cc3Cl)C3=C2COC3=O)cc1. The van der Waals surface area contributed by atoms with Crippen molar-refractivity contribution in [1.82, 2.24) is 0 Å². The van der Waals surface area contributed by atoms with Crippen molar-refractivity contribution in [3.8, 4) is 0 Å². The molecule has 0 saturated carbocycles. The first-order valence-electron chi connectivity index (χ1n) is 8.20. The van der Waals surface area contributed by atoms with Gasteiger partial charge in [0.1, 0.15) is 6.61 Å². The second-order valence-corrected chi connectivity index (χ2v) is 7.27. The number of esters is 1. The fourth-order valence-electron chi connectivity index (χ4n) is 3.50. The highest BCUT2D eigenvalue weighted by Crippen LogP contribution is 2.44. The van der Waals surface area contributed by atoms with E-state index in [4.69, 9.17) is 27.9 Å². The first kappa shape index (κ1) is 17.1. The molecule has 0 aliphatic carbocycles. The van der Waals surface area contributed by atoms with Gasteiger partial charge in [0.05, 0.1) is 11.3 Å². The first-order valence-corrected chi connectivity index (χ1v) is 8.96. The van der Waals surface area contributed by atoms with E-state index < -0.39 is 11.9 Å². The molecule has 2 aliphatic heterocycles. The Balaban J connectivity index is 1.84. The number of benzene rings is 2. The second kappa shape index (κ2) is 6.45. The van der Waals surface area contributed by atoms with Crippen LogP contribution in [0, 0.1) is 6.92 Å². The molecule has 1 amide bonds. The lowest BCUT2D eigenvalue weighted by molar-refractivity contribution is -0.136.